The van der Waals surface area contributed by atoms with Gasteiger partial charge in [0.1, 0.15) is 23.5 Å². The highest BCUT2D eigenvalue weighted by Gasteiger charge is 2.47. The number of nitrogens with two attached hydrogens (primary N) is 1. The van der Waals surface area contributed by atoms with Crippen LogP contribution in [0, 0.1) is 5.92 Å². The van der Waals surface area contributed by atoms with Crippen molar-refractivity contribution in [2.24, 2.45) is 5.92 Å². The molecule has 15 nitrogen and oxygen atoms in total. The number of carbonyl (C=O) groups excluding carboxylic acids is 3. The number of hydrogen-bond acceptors (Lipinski definition) is 11. The van der Waals surface area contributed by atoms with Gasteiger partial charge in [-0.15, -0.1) is 0 Å². The van der Waals surface area contributed by atoms with E-state index in [1.165, 1.54) is 10.9 Å². The van der Waals surface area contributed by atoms with Gasteiger partial charge in [-0.05, 0) is 38.5 Å². The highest BCUT2D eigenvalue weighted by Crippen LogP contribution is 2.32. The zero-order valence-corrected chi connectivity index (χ0v) is 23.3. The van der Waals surface area contributed by atoms with Gasteiger partial charge in [-0.1, -0.05) is 0 Å². The van der Waals surface area contributed by atoms with Gasteiger partial charge < -0.3 is 40.5 Å². The largest absolute Gasteiger partial charge is 0.436 e. The van der Waals surface area contributed by atoms with Crippen LogP contribution in [0.2, 0.25) is 0 Å². The third-order valence-electron chi connectivity index (χ3n) is 8.12. The number of nitrogen functional groups attached to an aromatic ring is 1. The minimum Gasteiger partial charge on any atom is -0.436 e. The molecule has 0 saturated carbocycles. The average Bonchev–Trinajstić information content (AvgIpc) is 3.61. The Morgan fingerprint density at radius 2 is 1.93 bits per heavy atom. The molecule has 2 unspecified atom stereocenters. The van der Waals surface area contributed by atoms with Crippen molar-refractivity contribution in [1.82, 2.24) is 34.6 Å². The number of amides is 3. The maximum atomic E-state index is 12.5. The van der Waals surface area contributed by atoms with Gasteiger partial charge in [-0.2, -0.15) is 0 Å². The van der Waals surface area contributed by atoms with Crippen LogP contribution in [0.25, 0.3) is 11.2 Å². The predicted octanol–water partition coefficient (Wildman–Crippen LogP) is -0.434. The number of fused-ring (bicyclic) bond motifs is 1. The SMILES string of the molecule is CCNC(=O)[C@H]1O[C@@H](n2cnc3c(N)nc(CCCC4CCN(C(=O)OC5CCN(C)C5=O)CC4)nc32)[C@@H](O)C1O. The number of aliphatic hydroxyl groups excluding tert-OH is 2. The number of likely N-dealkylation sites (tertiary alicyclic amines) is 2. The number of aromatic nitrogens is 4. The van der Waals surface area contributed by atoms with Crippen LogP contribution >= 0.6 is 0 Å². The summed E-state index contributed by atoms with van der Waals surface area (Å²) in [5.74, 6) is 0.471. The third kappa shape index (κ3) is 5.92. The molecular formula is C26H38N8O7. The van der Waals surface area contributed by atoms with Crippen molar-refractivity contribution in [1.29, 1.82) is 0 Å². The van der Waals surface area contributed by atoms with E-state index >= 15 is 0 Å². The molecule has 3 aliphatic heterocycles. The van der Waals surface area contributed by atoms with Crippen molar-refractivity contribution in [3.63, 3.8) is 0 Å². The second-order valence-corrected chi connectivity index (χ2v) is 10.9. The normalized spacial score (nSPS) is 27.1. The Labute approximate surface area is 237 Å². The predicted molar refractivity (Wildman–Crippen MR) is 144 cm³/mol. The summed E-state index contributed by atoms with van der Waals surface area (Å²) in [6, 6.07) is 0. The van der Waals surface area contributed by atoms with E-state index in [0.717, 1.165) is 25.7 Å². The first-order valence-electron chi connectivity index (χ1n) is 14.2. The molecule has 3 fully saturated rings. The average molecular weight is 575 g/mol. The molecule has 0 aromatic carbocycles. The fraction of sp³-hybridized carbons (Fsp3) is 0.692. The van der Waals surface area contributed by atoms with Crippen molar-refractivity contribution < 1.29 is 34.1 Å². The summed E-state index contributed by atoms with van der Waals surface area (Å²) in [4.78, 5) is 53.3. The van der Waals surface area contributed by atoms with Crippen LogP contribution in [0.3, 0.4) is 0 Å². The number of piperidine rings is 1. The molecular weight excluding hydrogens is 536 g/mol. The highest BCUT2D eigenvalue weighted by atomic mass is 16.6. The minimum absolute atomic E-state index is 0.148. The highest BCUT2D eigenvalue weighted by molar-refractivity contribution is 5.85. The molecule has 41 heavy (non-hydrogen) atoms. The van der Waals surface area contributed by atoms with E-state index in [4.69, 9.17) is 15.2 Å². The number of nitrogens with zero attached hydrogens (tertiary/aromatic N) is 6. The van der Waals surface area contributed by atoms with E-state index in [0.29, 0.717) is 61.9 Å². The molecule has 3 aliphatic rings. The number of carbonyl (C=O) groups is 3. The van der Waals surface area contributed by atoms with E-state index in [2.05, 4.69) is 20.3 Å². The topological polar surface area (TPSA) is 198 Å². The molecule has 5 N–H and O–H groups in total. The van der Waals surface area contributed by atoms with Gasteiger partial charge in [-0.25, -0.2) is 19.7 Å². The molecule has 15 heteroatoms. The van der Waals surface area contributed by atoms with Gasteiger partial charge in [0.2, 0.25) is 0 Å². The molecule has 0 radical (unpaired) electrons. The number of imidazole rings is 1. The number of aryl methyl sites for hydroxylation is 1. The number of aliphatic hydroxyl groups is 2. The van der Waals surface area contributed by atoms with E-state index in [-0.39, 0.29) is 11.7 Å². The number of anilines is 1. The molecule has 0 aliphatic carbocycles. The van der Waals surface area contributed by atoms with Crippen LogP contribution in [0.5, 0.6) is 0 Å². The standard InChI is InChI=1S/C26H38N8O7/c1-3-28-23(37)20-18(35)19(36)25(41-20)34-13-29-17-21(27)30-16(31-22(17)34)6-4-5-14-7-11-33(12-8-14)26(39)40-15-9-10-32(2)24(15)38/h13-15,18-20,25,35-36H,3-12H2,1-2H3,(H,28,37)(H2,27,30,31)/t15?,18?,19-,20-,25+/m0/s1. The summed E-state index contributed by atoms with van der Waals surface area (Å²) in [5, 5.41) is 23.6. The quantitative estimate of drug-likeness (QED) is 0.319. The zero-order chi connectivity index (χ0) is 29.3. The summed E-state index contributed by atoms with van der Waals surface area (Å²) < 4.78 is 12.6. The van der Waals surface area contributed by atoms with Crippen LogP contribution in [0.1, 0.15) is 51.1 Å². The van der Waals surface area contributed by atoms with Gasteiger partial charge in [-0.3, -0.25) is 14.2 Å². The first kappa shape index (κ1) is 29.0. The smallest absolute Gasteiger partial charge is 0.410 e. The van der Waals surface area contributed by atoms with Crippen molar-refractivity contribution in [2.45, 2.75) is 76.1 Å². The van der Waals surface area contributed by atoms with Crippen LogP contribution < -0.4 is 11.1 Å². The van der Waals surface area contributed by atoms with Gasteiger partial charge in [0.05, 0.1) is 6.33 Å². The van der Waals surface area contributed by atoms with E-state index in [1.54, 1.807) is 23.8 Å². The number of hydrogen-bond donors (Lipinski definition) is 4. The molecule has 2 aromatic rings. The van der Waals surface area contributed by atoms with Gasteiger partial charge in [0.25, 0.3) is 11.8 Å². The molecule has 0 bridgehead atoms. The Morgan fingerprint density at radius 1 is 1.17 bits per heavy atom. The number of likely N-dealkylation sites (N-methyl/N-ethyl adjacent to an activating group) is 2. The van der Waals surface area contributed by atoms with Gasteiger partial charge in [0, 0.05) is 46.1 Å². The first-order valence-corrected chi connectivity index (χ1v) is 14.2. The summed E-state index contributed by atoms with van der Waals surface area (Å²) in [7, 11) is 1.71. The molecule has 0 spiro atoms. The Morgan fingerprint density at radius 3 is 2.61 bits per heavy atom. The third-order valence-corrected chi connectivity index (χ3v) is 8.12. The van der Waals surface area contributed by atoms with E-state index in [1.807, 2.05) is 0 Å². The van der Waals surface area contributed by atoms with Crippen molar-refractivity contribution in [2.75, 3.05) is 39.0 Å². The second kappa shape index (κ2) is 12.1. The lowest BCUT2D eigenvalue weighted by Gasteiger charge is -2.31. The summed E-state index contributed by atoms with van der Waals surface area (Å²) in [5.41, 5.74) is 6.85. The molecule has 2 aromatic heterocycles. The minimum atomic E-state index is -1.41. The Kier molecular flexibility index (Phi) is 8.56. The molecule has 5 atom stereocenters. The maximum Gasteiger partial charge on any atom is 0.410 e. The molecule has 5 rings (SSSR count). The lowest BCUT2D eigenvalue weighted by molar-refractivity contribution is -0.137. The van der Waals surface area contributed by atoms with Crippen molar-refractivity contribution in [3.8, 4) is 0 Å². The number of ether oxygens (including phenoxy) is 2. The van der Waals surface area contributed by atoms with Gasteiger partial charge in [0.15, 0.2) is 29.9 Å². The molecule has 3 amide bonds. The maximum absolute atomic E-state index is 12.5. The number of rotatable bonds is 8. The number of nitrogens with one attached hydrogen (secondary N) is 1. The Balaban J connectivity index is 1.15. The van der Waals surface area contributed by atoms with Crippen molar-refractivity contribution in [3.05, 3.63) is 12.2 Å². The molecule has 5 heterocycles. The van der Waals surface area contributed by atoms with Crippen LogP contribution in [0.15, 0.2) is 6.33 Å². The molecule has 3 saturated heterocycles. The Hall–Kier alpha value is -3.56. The first-order chi connectivity index (χ1) is 19.7. The van der Waals surface area contributed by atoms with Crippen LogP contribution in [0.4, 0.5) is 10.6 Å². The van der Waals surface area contributed by atoms with Crippen LogP contribution in [-0.2, 0) is 25.5 Å². The van der Waals surface area contributed by atoms with E-state index < -0.39 is 42.6 Å². The lowest BCUT2D eigenvalue weighted by atomic mass is 9.91. The van der Waals surface area contributed by atoms with Gasteiger partial charge >= 0.3 is 6.09 Å². The monoisotopic (exact) mass is 574 g/mol. The zero-order valence-electron chi connectivity index (χ0n) is 23.3. The second-order valence-electron chi connectivity index (χ2n) is 10.9. The fourth-order valence-corrected chi connectivity index (χ4v) is 5.71. The van der Waals surface area contributed by atoms with Crippen LogP contribution in [-0.4, -0.2) is 115 Å². The van der Waals surface area contributed by atoms with Crippen molar-refractivity contribution >= 4 is 34.9 Å². The molecule has 224 valence electrons. The fourth-order valence-electron chi connectivity index (χ4n) is 5.71. The van der Waals surface area contributed by atoms with E-state index in [9.17, 15) is 24.6 Å². The summed E-state index contributed by atoms with van der Waals surface area (Å²) >= 11 is 0. The summed E-state index contributed by atoms with van der Waals surface area (Å²) in [6.45, 7) is 3.88. The summed E-state index contributed by atoms with van der Waals surface area (Å²) in [6.07, 6.45) is -0.298. The lowest BCUT2D eigenvalue weighted by Crippen LogP contribution is -2.42. The Bertz CT molecular complexity index is 1280.